The zero-order chi connectivity index (χ0) is 12.3. The summed E-state index contributed by atoms with van der Waals surface area (Å²) in [6.45, 7) is 0. The van der Waals surface area contributed by atoms with E-state index < -0.39 is 17.7 Å². The first kappa shape index (κ1) is 16.4. The Morgan fingerprint density at radius 2 is 1.65 bits per heavy atom. The molecule has 1 aromatic rings. The van der Waals surface area contributed by atoms with Gasteiger partial charge in [-0.05, 0) is 24.3 Å². The van der Waals surface area contributed by atoms with Gasteiger partial charge in [-0.3, -0.25) is 4.79 Å². The first-order valence-electron chi connectivity index (χ1n) is 4.12. The number of phenolic OH excluding ortho intramolecular Hbond substituents is 1. The first-order chi connectivity index (χ1) is 7.30. The van der Waals surface area contributed by atoms with Gasteiger partial charge in [0.2, 0.25) is 0 Å². The van der Waals surface area contributed by atoms with E-state index in [0.717, 1.165) is 0 Å². The van der Waals surface area contributed by atoms with Crippen LogP contribution >= 0.6 is 0 Å². The molecular weight excluding hydrogens is 365 g/mol. The zero-order valence-electron chi connectivity index (χ0n) is 8.32. The molecule has 1 rings (SSSR count). The Hall–Kier alpha value is -0.603. The number of allylic oxidation sites excluding steroid dienone is 1. The summed E-state index contributed by atoms with van der Waals surface area (Å²) in [4.78, 5) is 10.5. The van der Waals surface area contributed by atoms with Crippen LogP contribution in [0.3, 0.4) is 0 Å². The van der Waals surface area contributed by atoms with Gasteiger partial charge in [-0.25, -0.2) is 0 Å². The van der Waals surface area contributed by atoms with Gasteiger partial charge >= 0.3 is 6.18 Å². The third-order valence-electron chi connectivity index (χ3n) is 1.71. The Kier molecular flexibility index (Phi) is 6.14. The van der Waals surface area contributed by atoms with Crippen molar-refractivity contribution in [2.75, 3.05) is 0 Å². The second kappa shape index (κ2) is 6.36. The maximum absolute atomic E-state index is 11.8. The van der Waals surface area contributed by atoms with Crippen LogP contribution in [0.15, 0.2) is 30.3 Å². The van der Waals surface area contributed by atoms with Crippen LogP contribution in [0.1, 0.15) is 5.56 Å². The molecule has 0 atom stereocenters. The van der Waals surface area contributed by atoms with E-state index in [4.69, 9.17) is 5.11 Å². The van der Waals surface area contributed by atoms with Crippen molar-refractivity contribution in [1.82, 2.24) is 0 Å². The summed E-state index contributed by atoms with van der Waals surface area (Å²) in [7, 11) is 0. The maximum atomic E-state index is 11.8. The number of halogens is 3. The predicted molar refractivity (Wildman–Crippen MR) is 49.8 cm³/mol. The summed E-state index contributed by atoms with van der Waals surface area (Å²) in [5, 5.41) is 18.1. The molecule has 0 bridgehead atoms. The number of aromatic hydroxyl groups is 1. The number of carbonyl (C=O) groups is 1. The minimum Gasteiger partial charge on any atom is -0.508 e. The van der Waals surface area contributed by atoms with E-state index in [9.17, 15) is 23.1 Å². The molecule has 2 N–H and O–H groups in total. The average Bonchev–Trinajstić information content (AvgIpc) is 2.17. The third kappa shape index (κ3) is 5.05. The summed E-state index contributed by atoms with van der Waals surface area (Å²) in [6.07, 6.45) is -4.92. The van der Waals surface area contributed by atoms with Gasteiger partial charge < -0.3 is 10.2 Å². The van der Waals surface area contributed by atoms with Crippen LogP contribution in [0.4, 0.5) is 13.2 Å². The number of carbonyl (C=O) groups excluding carboxylic acids is 1. The number of phenols is 1. The summed E-state index contributed by atoms with van der Waals surface area (Å²) >= 11 is 0. The molecule has 0 saturated heterocycles. The van der Waals surface area contributed by atoms with E-state index in [-0.39, 0.29) is 59.1 Å². The number of alkyl halides is 3. The summed E-state index contributed by atoms with van der Waals surface area (Å²) in [6, 6.07) is 4.73. The smallest absolute Gasteiger partial charge is 0.454 e. The van der Waals surface area contributed by atoms with Crippen molar-refractivity contribution in [3.8, 4) is 5.75 Å². The molecule has 0 spiro atoms. The molecule has 3 nitrogen and oxygen atoms in total. The Morgan fingerprint density at radius 1 is 1.18 bits per heavy atom. The first-order valence-corrected chi connectivity index (χ1v) is 4.12. The minimum atomic E-state index is -5.01. The second-order valence-electron chi connectivity index (χ2n) is 2.94. The van der Waals surface area contributed by atoms with Crippen LogP contribution in [0, 0.1) is 41.7 Å². The molecule has 0 aromatic heterocycles. The van der Waals surface area contributed by atoms with Crippen LogP contribution in [0.5, 0.6) is 5.75 Å². The number of aliphatic hydroxyl groups excluding tert-OH is 1. The number of hydrogen-bond acceptors (Lipinski definition) is 3. The van der Waals surface area contributed by atoms with E-state index in [2.05, 4.69) is 0 Å². The summed E-state index contributed by atoms with van der Waals surface area (Å²) < 4.78 is 35.5. The van der Waals surface area contributed by atoms with E-state index in [0.29, 0.717) is 0 Å². The Balaban J connectivity index is 0.00000256. The zero-order valence-corrected chi connectivity index (χ0v) is 11.5. The molecule has 90 valence electrons. The van der Waals surface area contributed by atoms with Crippen molar-refractivity contribution >= 4 is 11.5 Å². The Labute approximate surface area is 128 Å². The molecule has 0 unspecified atom stereocenters. The number of aliphatic hydroxyl groups is 1. The van der Waals surface area contributed by atoms with Crippen LogP contribution < -0.4 is 0 Å². The summed E-state index contributed by atoms with van der Waals surface area (Å²) in [5.41, 5.74) is 0.00963. The molecular formula is C10H7CeF3O3. The molecule has 0 aliphatic heterocycles. The molecule has 0 aliphatic carbocycles. The van der Waals surface area contributed by atoms with Crippen LogP contribution in [0.2, 0.25) is 0 Å². The monoisotopic (exact) mass is 372 g/mol. The second-order valence-corrected chi connectivity index (χ2v) is 2.94. The van der Waals surface area contributed by atoms with E-state index in [1.54, 1.807) is 0 Å². The number of benzene rings is 1. The standard InChI is InChI=1S/C10H7F3O3.Ce/c11-10(12,13)9(16)5-8(15)6-1-3-7(14)4-2-6;/h1-5,14-15H;/b8-5-;. The largest absolute Gasteiger partial charge is 0.508 e. The maximum Gasteiger partial charge on any atom is 0.454 e. The number of hydrogen-bond donors (Lipinski definition) is 2. The average molecular weight is 372 g/mol. The van der Waals surface area contributed by atoms with Crippen molar-refractivity contribution in [1.29, 1.82) is 0 Å². The van der Waals surface area contributed by atoms with Gasteiger partial charge in [0.25, 0.3) is 5.78 Å². The molecule has 17 heavy (non-hydrogen) atoms. The fraction of sp³-hybridized carbons (Fsp3) is 0.100. The van der Waals surface area contributed by atoms with Crippen LogP contribution in [-0.4, -0.2) is 22.2 Å². The number of ketones is 1. The molecule has 0 amide bonds. The van der Waals surface area contributed by atoms with Gasteiger partial charge in [0.05, 0.1) is 0 Å². The topological polar surface area (TPSA) is 57.5 Å². The third-order valence-corrected chi connectivity index (χ3v) is 1.71. The quantitative estimate of drug-likeness (QED) is 0.619. The van der Waals surface area contributed by atoms with Crippen LogP contribution in [-0.2, 0) is 4.79 Å². The molecule has 0 radical (unpaired) electrons. The molecule has 0 aliphatic rings. The van der Waals surface area contributed by atoms with E-state index >= 15 is 0 Å². The predicted octanol–water partition coefficient (Wildman–Crippen LogP) is 2.42. The van der Waals surface area contributed by atoms with Gasteiger partial charge in [-0.1, -0.05) is 0 Å². The Morgan fingerprint density at radius 3 is 2.06 bits per heavy atom. The molecule has 0 saturated carbocycles. The SMILES string of the molecule is O=C(/C=C(\O)c1ccc(O)cc1)C(F)(F)F.[Ce]. The van der Waals surface area contributed by atoms with Crippen LogP contribution in [0.25, 0.3) is 5.76 Å². The minimum absolute atomic E-state index is 0. The van der Waals surface area contributed by atoms with Gasteiger partial charge in [-0.2, -0.15) is 13.2 Å². The molecule has 0 fully saturated rings. The van der Waals surface area contributed by atoms with Gasteiger partial charge in [0, 0.05) is 53.4 Å². The molecule has 0 heterocycles. The van der Waals surface area contributed by atoms with Gasteiger partial charge in [0.1, 0.15) is 11.5 Å². The van der Waals surface area contributed by atoms with E-state index in [1.165, 1.54) is 24.3 Å². The van der Waals surface area contributed by atoms with Crippen molar-refractivity contribution in [2.45, 2.75) is 6.18 Å². The molecule has 1 aromatic carbocycles. The van der Waals surface area contributed by atoms with Crippen molar-refractivity contribution in [3.05, 3.63) is 35.9 Å². The summed E-state index contributed by atoms with van der Waals surface area (Å²) in [5.74, 6) is -3.04. The Bertz CT molecular complexity index is 423. The fourth-order valence-electron chi connectivity index (χ4n) is 0.922. The van der Waals surface area contributed by atoms with Gasteiger partial charge in [0.15, 0.2) is 0 Å². The van der Waals surface area contributed by atoms with Crippen molar-refractivity contribution in [2.24, 2.45) is 0 Å². The van der Waals surface area contributed by atoms with Gasteiger partial charge in [-0.15, -0.1) is 0 Å². The molecule has 7 heteroatoms. The van der Waals surface area contributed by atoms with Crippen molar-refractivity contribution < 1.29 is 69.9 Å². The number of rotatable bonds is 2. The van der Waals surface area contributed by atoms with E-state index in [1.807, 2.05) is 0 Å². The van der Waals surface area contributed by atoms with Crippen molar-refractivity contribution in [3.63, 3.8) is 0 Å². The normalized spacial score (nSPS) is 11.8. The fourth-order valence-corrected chi connectivity index (χ4v) is 0.922.